The Morgan fingerprint density at radius 3 is 2.61 bits per heavy atom. The highest BCUT2D eigenvalue weighted by Crippen LogP contribution is 2.25. The van der Waals surface area contributed by atoms with Crippen LogP contribution >= 0.6 is 15.9 Å². The SMILES string of the molecule is CC(C)N(C)C(=O)COc1cc(Br)cc(F)c1F. The Morgan fingerprint density at radius 1 is 1.44 bits per heavy atom. The average molecular weight is 322 g/mol. The van der Waals surface area contributed by atoms with Gasteiger partial charge in [-0.1, -0.05) is 15.9 Å². The van der Waals surface area contributed by atoms with Gasteiger partial charge in [-0.05, 0) is 26.0 Å². The fourth-order valence-corrected chi connectivity index (χ4v) is 1.58. The molecule has 18 heavy (non-hydrogen) atoms. The summed E-state index contributed by atoms with van der Waals surface area (Å²) in [6.07, 6.45) is 0. The summed E-state index contributed by atoms with van der Waals surface area (Å²) >= 11 is 3.02. The van der Waals surface area contributed by atoms with Crippen molar-refractivity contribution in [2.45, 2.75) is 19.9 Å². The Morgan fingerprint density at radius 2 is 2.06 bits per heavy atom. The number of benzene rings is 1. The van der Waals surface area contributed by atoms with Gasteiger partial charge in [-0.2, -0.15) is 4.39 Å². The zero-order valence-electron chi connectivity index (χ0n) is 10.3. The van der Waals surface area contributed by atoms with Crippen LogP contribution in [-0.2, 0) is 4.79 Å². The maximum atomic E-state index is 13.3. The van der Waals surface area contributed by atoms with E-state index in [4.69, 9.17) is 4.74 Å². The van der Waals surface area contributed by atoms with Crippen LogP contribution in [0.3, 0.4) is 0 Å². The van der Waals surface area contributed by atoms with E-state index < -0.39 is 11.6 Å². The van der Waals surface area contributed by atoms with E-state index in [-0.39, 0.29) is 24.3 Å². The monoisotopic (exact) mass is 321 g/mol. The highest BCUT2D eigenvalue weighted by atomic mass is 79.9. The van der Waals surface area contributed by atoms with E-state index in [1.807, 2.05) is 13.8 Å². The molecule has 0 spiro atoms. The minimum Gasteiger partial charge on any atom is -0.481 e. The predicted molar refractivity (Wildman–Crippen MR) is 67.5 cm³/mol. The van der Waals surface area contributed by atoms with Crippen LogP contribution in [0, 0.1) is 11.6 Å². The molecule has 3 nitrogen and oxygen atoms in total. The quantitative estimate of drug-likeness (QED) is 0.798. The van der Waals surface area contributed by atoms with Gasteiger partial charge in [0, 0.05) is 17.6 Å². The smallest absolute Gasteiger partial charge is 0.260 e. The first-order chi connectivity index (χ1) is 8.32. The normalized spacial score (nSPS) is 10.6. The summed E-state index contributed by atoms with van der Waals surface area (Å²) in [6, 6.07) is 2.29. The molecule has 0 saturated carbocycles. The Bertz CT molecular complexity index is 452. The second-order valence-electron chi connectivity index (χ2n) is 4.09. The van der Waals surface area contributed by atoms with Crippen molar-refractivity contribution in [3.63, 3.8) is 0 Å². The number of hydrogen-bond acceptors (Lipinski definition) is 2. The lowest BCUT2D eigenvalue weighted by Crippen LogP contribution is -2.36. The van der Waals surface area contributed by atoms with Crippen LogP contribution in [0.4, 0.5) is 8.78 Å². The molecule has 1 amide bonds. The summed E-state index contributed by atoms with van der Waals surface area (Å²) < 4.78 is 31.8. The van der Waals surface area contributed by atoms with E-state index in [1.165, 1.54) is 11.0 Å². The highest BCUT2D eigenvalue weighted by molar-refractivity contribution is 9.10. The van der Waals surface area contributed by atoms with E-state index in [0.717, 1.165) is 6.07 Å². The fourth-order valence-electron chi connectivity index (χ4n) is 1.17. The molecule has 0 fully saturated rings. The van der Waals surface area contributed by atoms with Crippen LogP contribution in [0.15, 0.2) is 16.6 Å². The van der Waals surface area contributed by atoms with Crippen LogP contribution in [0.5, 0.6) is 5.75 Å². The van der Waals surface area contributed by atoms with Crippen molar-refractivity contribution in [1.82, 2.24) is 4.90 Å². The van der Waals surface area contributed by atoms with Gasteiger partial charge in [0.25, 0.3) is 5.91 Å². The molecule has 0 saturated heterocycles. The van der Waals surface area contributed by atoms with Crippen molar-refractivity contribution in [2.24, 2.45) is 0 Å². The fraction of sp³-hybridized carbons (Fsp3) is 0.417. The molecule has 0 aromatic heterocycles. The second kappa shape index (κ2) is 6.13. The van der Waals surface area contributed by atoms with Gasteiger partial charge in [0.15, 0.2) is 18.2 Å². The molecule has 0 aliphatic carbocycles. The first-order valence-corrected chi connectivity index (χ1v) is 6.15. The summed E-state index contributed by atoms with van der Waals surface area (Å²) in [5, 5.41) is 0. The van der Waals surface area contributed by atoms with E-state index in [0.29, 0.717) is 4.47 Å². The molecule has 1 aromatic rings. The maximum Gasteiger partial charge on any atom is 0.260 e. The number of carbonyl (C=O) groups is 1. The highest BCUT2D eigenvalue weighted by Gasteiger charge is 2.16. The van der Waals surface area contributed by atoms with Crippen LogP contribution < -0.4 is 4.74 Å². The van der Waals surface area contributed by atoms with Crippen molar-refractivity contribution in [2.75, 3.05) is 13.7 Å². The van der Waals surface area contributed by atoms with Crippen molar-refractivity contribution in [3.8, 4) is 5.75 Å². The van der Waals surface area contributed by atoms with Gasteiger partial charge in [0.05, 0.1) is 0 Å². The minimum atomic E-state index is -1.10. The summed E-state index contributed by atoms with van der Waals surface area (Å²) in [4.78, 5) is 13.1. The zero-order valence-corrected chi connectivity index (χ0v) is 11.9. The summed E-state index contributed by atoms with van der Waals surface area (Å²) in [6.45, 7) is 3.36. The molecule has 0 atom stereocenters. The number of hydrogen-bond donors (Lipinski definition) is 0. The van der Waals surface area contributed by atoms with Crippen molar-refractivity contribution in [3.05, 3.63) is 28.2 Å². The Kier molecular flexibility index (Phi) is 5.07. The molecule has 1 rings (SSSR count). The van der Waals surface area contributed by atoms with Crippen LogP contribution in [0.2, 0.25) is 0 Å². The van der Waals surface area contributed by atoms with E-state index in [2.05, 4.69) is 15.9 Å². The molecule has 1 aromatic carbocycles. The topological polar surface area (TPSA) is 29.5 Å². The molecule has 0 N–H and O–H groups in total. The predicted octanol–water partition coefficient (Wildman–Crippen LogP) is 2.97. The molecule has 0 radical (unpaired) electrons. The Labute approximate surface area is 113 Å². The van der Waals surface area contributed by atoms with Crippen LogP contribution in [0.25, 0.3) is 0 Å². The number of rotatable bonds is 4. The maximum absolute atomic E-state index is 13.3. The molecule has 0 unspecified atom stereocenters. The summed E-state index contributed by atoms with van der Waals surface area (Å²) in [5.41, 5.74) is 0. The molecule has 100 valence electrons. The number of amides is 1. The Balaban J connectivity index is 2.72. The lowest BCUT2D eigenvalue weighted by atomic mass is 10.3. The lowest BCUT2D eigenvalue weighted by Gasteiger charge is -2.21. The largest absolute Gasteiger partial charge is 0.481 e. The average Bonchev–Trinajstić information content (AvgIpc) is 2.30. The molecule has 0 aliphatic rings. The number of carbonyl (C=O) groups excluding carboxylic acids is 1. The molecule has 0 aliphatic heterocycles. The van der Waals surface area contributed by atoms with Gasteiger partial charge in [-0.15, -0.1) is 0 Å². The van der Waals surface area contributed by atoms with Gasteiger partial charge in [-0.3, -0.25) is 4.79 Å². The number of halogens is 3. The molecular weight excluding hydrogens is 308 g/mol. The van der Waals surface area contributed by atoms with E-state index >= 15 is 0 Å². The van der Waals surface area contributed by atoms with Gasteiger partial charge in [0.2, 0.25) is 5.82 Å². The summed E-state index contributed by atoms with van der Waals surface area (Å²) in [7, 11) is 1.62. The van der Waals surface area contributed by atoms with Gasteiger partial charge >= 0.3 is 0 Å². The zero-order chi connectivity index (χ0) is 13.9. The molecule has 0 bridgehead atoms. The van der Waals surface area contributed by atoms with Crippen molar-refractivity contribution < 1.29 is 18.3 Å². The van der Waals surface area contributed by atoms with Crippen molar-refractivity contribution in [1.29, 1.82) is 0 Å². The summed E-state index contributed by atoms with van der Waals surface area (Å²) in [5.74, 6) is -2.71. The first kappa shape index (κ1) is 14.9. The van der Waals surface area contributed by atoms with E-state index in [9.17, 15) is 13.6 Å². The molecular formula is C12H14BrF2NO2. The van der Waals surface area contributed by atoms with Gasteiger partial charge in [0.1, 0.15) is 0 Å². The number of nitrogens with zero attached hydrogens (tertiary/aromatic N) is 1. The molecule has 6 heteroatoms. The van der Waals surface area contributed by atoms with Gasteiger partial charge < -0.3 is 9.64 Å². The van der Waals surface area contributed by atoms with Crippen LogP contribution in [0.1, 0.15) is 13.8 Å². The third kappa shape index (κ3) is 3.66. The third-order valence-electron chi connectivity index (χ3n) is 2.48. The molecule has 0 heterocycles. The second-order valence-corrected chi connectivity index (χ2v) is 5.00. The number of ether oxygens (including phenoxy) is 1. The van der Waals surface area contributed by atoms with Crippen LogP contribution in [-0.4, -0.2) is 30.5 Å². The Hall–Kier alpha value is -1.17. The minimum absolute atomic E-state index is 0.0187. The van der Waals surface area contributed by atoms with E-state index in [1.54, 1.807) is 7.05 Å². The van der Waals surface area contributed by atoms with Crippen molar-refractivity contribution >= 4 is 21.8 Å². The van der Waals surface area contributed by atoms with Gasteiger partial charge in [-0.25, -0.2) is 4.39 Å². The number of likely N-dealkylation sites (N-methyl/N-ethyl adjacent to an activating group) is 1. The first-order valence-electron chi connectivity index (χ1n) is 5.36. The third-order valence-corrected chi connectivity index (χ3v) is 2.94. The lowest BCUT2D eigenvalue weighted by molar-refractivity contribution is -0.133. The standard InChI is InChI=1S/C12H14BrF2NO2/c1-7(2)16(3)11(17)6-18-10-5-8(13)4-9(14)12(10)15/h4-5,7H,6H2,1-3H3.